The van der Waals surface area contributed by atoms with Gasteiger partial charge in [-0.3, -0.25) is 19.3 Å². The number of hydrogen-bond acceptors (Lipinski definition) is 13. The van der Waals surface area contributed by atoms with Crippen LogP contribution in [-0.4, -0.2) is 80.9 Å². The Morgan fingerprint density at radius 1 is 1.12 bits per heavy atom. The zero-order valence-electron chi connectivity index (χ0n) is 27.9. The van der Waals surface area contributed by atoms with Crippen LogP contribution in [0, 0.1) is 0 Å². The number of carbonyl (C=O) groups is 5. The van der Waals surface area contributed by atoms with Crippen molar-refractivity contribution in [3.05, 3.63) is 92.4 Å². The molecule has 51 heavy (non-hydrogen) atoms. The monoisotopic (exact) mass is 771 g/mol. The molecule has 5 rings (SSSR count). The molecule has 1 aromatic heterocycles. The maximum atomic E-state index is 14.0. The number of nitrogens with zero attached hydrogens (tertiary/aromatic N) is 3. The number of nitrogens with one attached hydrogen (secondary N) is 2. The van der Waals surface area contributed by atoms with E-state index >= 15 is 0 Å². The first-order valence-corrected chi connectivity index (χ1v) is 18.9. The van der Waals surface area contributed by atoms with E-state index in [0.717, 1.165) is 22.5 Å². The van der Waals surface area contributed by atoms with Gasteiger partial charge < -0.3 is 24.9 Å². The third kappa shape index (κ3) is 9.11. The van der Waals surface area contributed by atoms with Gasteiger partial charge in [0.15, 0.2) is 16.9 Å². The van der Waals surface area contributed by atoms with Crippen LogP contribution in [0.3, 0.4) is 0 Å². The van der Waals surface area contributed by atoms with Crippen molar-refractivity contribution in [1.29, 1.82) is 0 Å². The summed E-state index contributed by atoms with van der Waals surface area (Å²) in [5, 5.41) is 8.28. The predicted octanol–water partition coefficient (Wildman–Crippen LogP) is 5.12. The molecule has 17 heteroatoms. The first-order chi connectivity index (χ1) is 24.4. The third-order valence-electron chi connectivity index (χ3n) is 7.13. The highest BCUT2D eigenvalue weighted by atomic mass is 35.5. The highest BCUT2D eigenvalue weighted by Crippen LogP contribution is 2.44. The number of thioether (sulfide) groups is 2. The van der Waals surface area contributed by atoms with Gasteiger partial charge in [0.2, 0.25) is 13.0 Å². The molecule has 0 spiro atoms. The Labute approximate surface area is 311 Å². The summed E-state index contributed by atoms with van der Waals surface area (Å²) < 4.78 is 11.4. The number of oxime groups is 1. The molecule has 0 radical (unpaired) electrons. The van der Waals surface area contributed by atoms with Crippen LogP contribution < -0.4 is 10.6 Å². The standard InChI is InChI=1S/C34H34ClN5O8S3/c1-5-49-21-17-50-31-25(30(44)40(31)26(21)32(45)47-27(19-12-8-6-9-13-19)20-14-10-7-11-15-20)37-29(43)24(23-28(35)51-33(38-23)36-18-41)39-46-16-22(42)48-34(2,3)4/h6-15,18,25,27,31H,5,16-17H2,1-4H3,(H,37,43)(H,36,38,41)/b39-24+/t25?,31-/m1/s1. The molecule has 3 aromatic rings. The van der Waals surface area contributed by atoms with Crippen molar-refractivity contribution in [2.24, 2.45) is 5.16 Å². The fourth-order valence-corrected chi connectivity index (χ4v) is 8.50. The van der Waals surface area contributed by atoms with E-state index in [1.54, 1.807) is 20.8 Å². The van der Waals surface area contributed by atoms with Crippen molar-refractivity contribution in [2.75, 3.05) is 23.4 Å². The van der Waals surface area contributed by atoms with Gasteiger partial charge in [0.05, 0.1) is 0 Å². The Morgan fingerprint density at radius 2 is 1.76 bits per heavy atom. The van der Waals surface area contributed by atoms with Crippen LogP contribution in [0.1, 0.15) is 50.6 Å². The molecule has 3 heterocycles. The molecule has 0 bridgehead atoms. The highest BCUT2D eigenvalue weighted by molar-refractivity contribution is 8.06. The number of carbonyl (C=O) groups excluding carboxylic acids is 5. The number of ether oxygens (including phenoxy) is 2. The van der Waals surface area contributed by atoms with Crippen molar-refractivity contribution in [3.8, 4) is 0 Å². The fourth-order valence-electron chi connectivity index (χ4n) is 5.09. The molecular weight excluding hydrogens is 738 g/mol. The van der Waals surface area contributed by atoms with Crippen molar-refractivity contribution in [3.63, 3.8) is 0 Å². The molecule has 1 fully saturated rings. The van der Waals surface area contributed by atoms with Gasteiger partial charge in [-0.2, -0.15) is 0 Å². The first-order valence-electron chi connectivity index (χ1n) is 15.6. The number of anilines is 1. The van der Waals surface area contributed by atoms with Crippen molar-refractivity contribution in [2.45, 2.75) is 50.8 Å². The van der Waals surface area contributed by atoms with Crippen molar-refractivity contribution >= 4 is 87.5 Å². The van der Waals surface area contributed by atoms with Crippen LogP contribution in [0.25, 0.3) is 0 Å². The lowest BCUT2D eigenvalue weighted by atomic mass is 10.0. The summed E-state index contributed by atoms with van der Waals surface area (Å²) in [6.07, 6.45) is -0.346. The summed E-state index contributed by atoms with van der Waals surface area (Å²) >= 11 is 10.0. The average Bonchev–Trinajstić information content (AvgIpc) is 3.46. The number of benzene rings is 2. The molecule has 0 aliphatic carbocycles. The van der Waals surface area contributed by atoms with Gasteiger partial charge in [-0.25, -0.2) is 14.6 Å². The third-order valence-corrected chi connectivity index (χ3v) is 10.8. The predicted molar refractivity (Wildman–Crippen MR) is 196 cm³/mol. The van der Waals surface area contributed by atoms with E-state index in [1.807, 2.05) is 67.6 Å². The van der Waals surface area contributed by atoms with E-state index in [1.165, 1.54) is 28.4 Å². The molecule has 13 nitrogen and oxygen atoms in total. The molecule has 3 amide bonds. The van der Waals surface area contributed by atoms with Crippen LogP contribution in [0.5, 0.6) is 0 Å². The Hall–Kier alpha value is -4.38. The molecule has 2 aliphatic heterocycles. The van der Waals surface area contributed by atoms with Crippen LogP contribution in [-0.2, 0) is 38.3 Å². The summed E-state index contributed by atoms with van der Waals surface area (Å²) in [7, 11) is 0. The van der Waals surface area contributed by atoms with Gasteiger partial charge in [-0.1, -0.05) is 95.7 Å². The van der Waals surface area contributed by atoms with Gasteiger partial charge in [-0.15, -0.1) is 23.5 Å². The summed E-state index contributed by atoms with van der Waals surface area (Å²) in [6, 6.07) is 17.6. The Balaban J connectivity index is 1.38. The van der Waals surface area contributed by atoms with E-state index in [4.69, 9.17) is 25.9 Å². The summed E-state index contributed by atoms with van der Waals surface area (Å²) in [5.41, 5.74) is 0.266. The number of thiazole rings is 1. The van der Waals surface area contributed by atoms with Crippen LogP contribution >= 0.6 is 46.5 Å². The number of amides is 3. The number of hydrogen-bond donors (Lipinski definition) is 2. The van der Waals surface area contributed by atoms with Crippen LogP contribution in [0.2, 0.25) is 4.34 Å². The van der Waals surface area contributed by atoms with Crippen LogP contribution in [0.4, 0.5) is 5.13 Å². The van der Waals surface area contributed by atoms with E-state index in [0.29, 0.717) is 22.8 Å². The van der Waals surface area contributed by atoms with Gasteiger partial charge in [-0.05, 0) is 37.7 Å². The first kappa shape index (κ1) is 37.9. The zero-order chi connectivity index (χ0) is 36.7. The minimum atomic E-state index is -1.07. The molecule has 1 saturated heterocycles. The van der Waals surface area contributed by atoms with E-state index < -0.39 is 59.2 Å². The lowest BCUT2D eigenvalue weighted by molar-refractivity contribution is -0.160. The second-order valence-corrected chi connectivity index (χ2v) is 15.9. The second-order valence-electron chi connectivity index (χ2n) is 11.9. The molecule has 0 saturated carbocycles. The quantitative estimate of drug-likeness (QED) is 0.0735. The lowest BCUT2D eigenvalue weighted by Gasteiger charge is -2.49. The Morgan fingerprint density at radius 3 is 2.35 bits per heavy atom. The topological polar surface area (TPSA) is 166 Å². The van der Waals surface area contributed by atoms with E-state index in [-0.39, 0.29) is 20.9 Å². The number of β-lactam (4-membered cyclic amide) rings is 1. The van der Waals surface area contributed by atoms with E-state index in [9.17, 15) is 24.0 Å². The normalized spacial score (nSPS) is 17.3. The molecule has 2 aliphatic rings. The van der Waals surface area contributed by atoms with Gasteiger partial charge in [0, 0.05) is 10.7 Å². The van der Waals surface area contributed by atoms with Crippen molar-refractivity contribution < 1.29 is 38.3 Å². The zero-order valence-corrected chi connectivity index (χ0v) is 31.1. The SMILES string of the molecule is CCSC1=C(C(=O)OC(c2ccccc2)c2ccccc2)N2C(=O)C(NC(=O)/C(=N/OCC(=O)OC(C)(C)C)c3nc(NC=O)sc3Cl)[C@H]2SC1. The largest absolute Gasteiger partial charge is 0.457 e. The number of halogens is 1. The lowest BCUT2D eigenvalue weighted by Crippen LogP contribution is -2.71. The number of fused-ring (bicyclic) bond motifs is 1. The molecule has 2 N–H and O–H groups in total. The molecule has 2 atom stereocenters. The number of esters is 2. The minimum Gasteiger partial charge on any atom is -0.457 e. The molecule has 2 aromatic carbocycles. The molecule has 1 unspecified atom stereocenters. The number of rotatable bonds is 14. The van der Waals surface area contributed by atoms with Gasteiger partial charge in [0.25, 0.3) is 11.8 Å². The highest BCUT2D eigenvalue weighted by Gasteiger charge is 2.55. The van der Waals surface area contributed by atoms with Crippen molar-refractivity contribution in [1.82, 2.24) is 15.2 Å². The van der Waals surface area contributed by atoms with E-state index in [2.05, 4.69) is 20.8 Å². The van der Waals surface area contributed by atoms with Gasteiger partial charge in [0.1, 0.15) is 32.7 Å². The Kier molecular flexibility index (Phi) is 12.4. The molecular formula is C34H34ClN5O8S3. The summed E-state index contributed by atoms with van der Waals surface area (Å²) in [5.74, 6) is -1.80. The summed E-state index contributed by atoms with van der Waals surface area (Å²) in [6.45, 7) is 6.36. The summed E-state index contributed by atoms with van der Waals surface area (Å²) in [4.78, 5) is 76.2. The van der Waals surface area contributed by atoms with Gasteiger partial charge >= 0.3 is 11.9 Å². The minimum absolute atomic E-state index is 0.0108. The maximum absolute atomic E-state index is 14.0. The van der Waals surface area contributed by atoms with Crippen LogP contribution in [0.15, 0.2) is 76.4 Å². The maximum Gasteiger partial charge on any atom is 0.356 e. The molecule has 268 valence electrons. The smallest absolute Gasteiger partial charge is 0.356 e. The second kappa shape index (κ2) is 16.8. The average molecular weight is 772 g/mol. The fraction of sp³-hybridized carbons (Fsp3) is 0.324. The Bertz CT molecular complexity index is 1810. The number of aromatic nitrogens is 1.